The van der Waals surface area contributed by atoms with Crippen molar-refractivity contribution in [3.05, 3.63) is 59.5 Å². The Labute approximate surface area is 135 Å². The number of aryl methyl sites for hydroxylation is 2. The molecule has 0 spiro atoms. The molecule has 3 rings (SSSR count). The van der Waals surface area contributed by atoms with E-state index in [0.29, 0.717) is 17.9 Å². The molecule has 0 unspecified atom stereocenters. The molecular weight excluding hydrogens is 312 g/mol. The Kier molecular flexibility index (Phi) is 4.19. The van der Waals surface area contributed by atoms with E-state index in [1.165, 1.54) is 6.39 Å². The van der Waals surface area contributed by atoms with Crippen LogP contribution in [0.1, 0.15) is 16.7 Å². The van der Waals surface area contributed by atoms with E-state index in [9.17, 15) is 8.42 Å². The summed E-state index contributed by atoms with van der Waals surface area (Å²) < 4.78 is 32.5. The van der Waals surface area contributed by atoms with Crippen LogP contribution in [-0.4, -0.2) is 19.9 Å². The Morgan fingerprint density at radius 1 is 1.09 bits per heavy atom. The third-order valence-electron chi connectivity index (χ3n) is 3.89. The second kappa shape index (κ2) is 6.14. The second-order valence-electron chi connectivity index (χ2n) is 5.55. The van der Waals surface area contributed by atoms with E-state index in [2.05, 4.69) is 9.71 Å². The van der Waals surface area contributed by atoms with Crippen molar-refractivity contribution < 1.29 is 12.8 Å². The Balaban J connectivity index is 1.67. The predicted octanol–water partition coefficient (Wildman–Crippen LogP) is 2.97. The molecule has 0 radical (unpaired) electrons. The molecule has 0 aliphatic carbocycles. The fourth-order valence-electron chi connectivity index (χ4n) is 2.35. The first-order valence-electron chi connectivity index (χ1n) is 7.35. The smallest absolute Gasteiger partial charge is 0.240 e. The van der Waals surface area contributed by atoms with Gasteiger partial charge in [0.2, 0.25) is 10.0 Å². The molecule has 6 heteroatoms. The van der Waals surface area contributed by atoms with Gasteiger partial charge in [0.25, 0.3) is 0 Å². The van der Waals surface area contributed by atoms with Gasteiger partial charge in [-0.2, -0.15) is 0 Å². The molecular formula is C17H18N2O3S. The third kappa shape index (κ3) is 3.43. The Bertz CT molecular complexity index is 945. The Morgan fingerprint density at radius 3 is 2.70 bits per heavy atom. The van der Waals surface area contributed by atoms with Gasteiger partial charge in [-0.3, -0.25) is 0 Å². The molecule has 2 aromatic carbocycles. The first-order valence-corrected chi connectivity index (χ1v) is 8.83. The molecule has 1 aromatic heterocycles. The lowest BCUT2D eigenvalue weighted by atomic mass is 10.1. The molecule has 3 aromatic rings. The molecule has 0 saturated carbocycles. The molecule has 0 amide bonds. The van der Waals surface area contributed by atoms with Gasteiger partial charge in [0.05, 0.1) is 4.90 Å². The second-order valence-corrected chi connectivity index (χ2v) is 7.32. The normalized spacial score (nSPS) is 11.9. The van der Waals surface area contributed by atoms with Gasteiger partial charge < -0.3 is 4.42 Å². The van der Waals surface area contributed by atoms with E-state index in [1.54, 1.807) is 12.1 Å². The average Bonchev–Trinajstić information content (AvgIpc) is 2.97. The van der Waals surface area contributed by atoms with Crippen LogP contribution in [0.5, 0.6) is 0 Å². The van der Waals surface area contributed by atoms with Crippen LogP contribution in [0.4, 0.5) is 0 Å². The molecule has 0 bridgehead atoms. The number of rotatable bonds is 5. The number of fused-ring (bicyclic) bond motifs is 1. The quantitative estimate of drug-likeness (QED) is 0.780. The van der Waals surface area contributed by atoms with Crippen molar-refractivity contribution in [1.82, 2.24) is 9.71 Å². The van der Waals surface area contributed by atoms with Crippen LogP contribution < -0.4 is 4.72 Å². The maximum Gasteiger partial charge on any atom is 0.240 e. The minimum atomic E-state index is -3.49. The first-order chi connectivity index (χ1) is 11.0. The van der Waals surface area contributed by atoms with Crippen LogP contribution >= 0.6 is 0 Å². The summed E-state index contributed by atoms with van der Waals surface area (Å²) in [6.07, 6.45) is 1.99. The lowest BCUT2D eigenvalue weighted by molar-refractivity contribution is 0.581. The fraction of sp³-hybridized carbons (Fsp3) is 0.235. The lowest BCUT2D eigenvalue weighted by Gasteiger charge is -2.09. The van der Waals surface area contributed by atoms with Crippen LogP contribution in [0.2, 0.25) is 0 Å². The molecule has 5 nitrogen and oxygen atoms in total. The van der Waals surface area contributed by atoms with E-state index >= 15 is 0 Å². The highest BCUT2D eigenvalue weighted by atomic mass is 32.2. The van der Waals surface area contributed by atoms with Gasteiger partial charge in [0.15, 0.2) is 12.0 Å². The van der Waals surface area contributed by atoms with E-state index in [0.717, 1.165) is 27.8 Å². The summed E-state index contributed by atoms with van der Waals surface area (Å²) in [5.41, 5.74) is 4.55. The number of nitrogens with one attached hydrogen (secondary N) is 1. The van der Waals surface area contributed by atoms with E-state index in [-0.39, 0.29) is 0 Å². The summed E-state index contributed by atoms with van der Waals surface area (Å²) in [5.74, 6) is 0. The minimum absolute atomic E-state index is 0.299. The molecule has 120 valence electrons. The molecule has 1 heterocycles. The summed E-state index contributed by atoms with van der Waals surface area (Å²) in [5, 5.41) is 0. The van der Waals surface area contributed by atoms with Crippen molar-refractivity contribution in [2.45, 2.75) is 25.2 Å². The van der Waals surface area contributed by atoms with Crippen LogP contribution in [-0.2, 0) is 16.4 Å². The zero-order valence-corrected chi connectivity index (χ0v) is 13.9. The van der Waals surface area contributed by atoms with Crippen molar-refractivity contribution in [2.75, 3.05) is 6.54 Å². The van der Waals surface area contributed by atoms with Crippen molar-refractivity contribution in [2.24, 2.45) is 0 Å². The SMILES string of the molecule is Cc1ccc(S(=O)(=O)NCCc2ccc3ocnc3c2)cc1C. The summed E-state index contributed by atoms with van der Waals surface area (Å²) in [6.45, 7) is 4.19. The third-order valence-corrected chi connectivity index (χ3v) is 5.35. The largest absolute Gasteiger partial charge is 0.443 e. The van der Waals surface area contributed by atoms with Crippen LogP contribution in [0.15, 0.2) is 52.1 Å². The molecule has 0 fully saturated rings. The molecule has 0 aliphatic rings. The van der Waals surface area contributed by atoms with Crippen molar-refractivity contribution >= 4 is 21.1 Å². The average molecular weight is 330 g/mol. The molecule has 0 saturated heterocycles. The van der Waals surface area contributed by atoms with E-state index in [1.807, 2.05) is 38.1 Å². The van der Waals surface area contributed by atoms with Gasteiger partial charge in [-0.15, -0.1) is 0 Å². The van der Waals surface area contributed by atoms with Gasteiger partial charge >= 0.3 is 0 Å². The number of nitrogens with zero attached hydrogens (tertiary/aromatic N) is 1. The zero-order valence-electron chi connectivity index (χ0n) is 13.0. The van der Waals surface area contributed by atoms with Crippen molar-refractivity contribution in [3.8, 4) is 0 Å². The van der Waals surface area contributed by atoms with Crippen molar-refractivity contribution in [1.29, 1.82) is 0 Å². The molecule has 0 atom stereocenters. The van der Waals surface area contributed by atoms with Gasteiger partial charge in [0, 0.05) is 6.54 Å². The van der Waals surface area contributed by atoms with E-state index in [4.69, 9.17) is 4.42 Å². The van der Waals surface area contributed by atoms with Gasteiger partial charge in [-0.25, -0.2) is 18.1 Å². The molecule has 23 heavy (non-hydrogen) atoms. The van der Waals surface area contributed by atoms with Crippen molar-refractivity contribution in [3.63, 3.8) is 0 Å². The number of oxazole rings is 1. The van der Waals surface area contributed by atoms with Gasteiger partial charge in [-0.05, 0) is 61.2 Å². The summed E-state index contributed by atoms with van der Waals surface area (Å²) >= 11 is 0. The zero-order chi connectivity index (χ0) is 16.4. The number of benzene rings is 2. The monoisotopic (exact) mass is 330 g/mol. The Morgan fingerprint density at radius 2 is 1.91 bits per heavy atom. The molecule has 0 aliphatic heterocycles. The lowest BCUT2D eigenvalue weighted by Crippen LogP contribution is -2.26. The maximum absolute atomic E-state index is 12.3. The van der Waals surface area contributed by atoms with Gasteiger partial charge in [0.1, 0.15) is 5.52 Å². The first kappa shape index (κ1) is 15.7. The fourth-order valence-corrected chi connectivity index (χ4v) is 3.47. The summed E-state index contributed by atoms with van der Waals surface area (Å²) in [6, 6.07) is 10.8. The number of aromatic nitrogens is 1. The summed E-state index contributed by atoms with van der Waals surface area (Å²) in [4.78, 5) is 4.40. The van der Waals surface area contributed by atoms with E-state index < -0.39 is 10.0 Å². The topological polar surface area (TPSA) is 72.2 Å². The summed E-state index contributed by atoms with van der Waals surface area (Å²) in [7, 11) is -3.49. The number of hydrogen-bond donors (Lipinski definition) is 1. The van der Waals surface area contributed by atoms with Crippen LogP contribution in [0.25, 0.3) is 11.1 Å². The maximum atomic E-state index is 12.3. The highest BCUT2D eigenvalue weighted by Gasteiger charge is 2.14. The standard InChI is InChI=1S/C17H18N2O3S/c1-12-3-5-15(9-13(12)2)23(20,21)19-8-7-14-4-6-17-16(10-14)18-11-22-17/h3-6,9-11,19H,7-8H2,1-2H3. The number of sulfonamides is 1. The molecule has 1 N–H and O–H groups in total. The van der Waals surface area contributed by atoms with Crippen LogP contribution in [0, 0.1) is 13.8 Å². The predicted molar refractivity (Wildman–Crippen MR) is 88.8 cm³/mol. The van der Waals surface area contributed by atoms with Crippen LogP contribution in [0.3, 0.4) is 0 Å². The highest BCUT2D eigenvalue weighted by molar-refractivity contribution is 7.89. The number of hydrogen-bond acceptors (Lipinski definition) is 4. The highest BCUT2D eigenvalue weighted by Crippen LogP contribution is 2.16. The minimum Gasteiger partial charge on any atom is -0.443 e. The van der Waals surface area contributed by atoms with Gasteiger partial charge in [-0.1, -0.05) is 12.1 Å². The Hall–Kier alpha value is -2.18.